The van der Waals surface area contributed by atoms with Crippen molar-refractivity contribution in [2.24, 2.45) is 0 Å². The molecule has 0 bridgehead atoms. The van der Waals surface area contributed by atoms with E-state index in [0.717, 1.165) is 12.2 Å². The number of halogens is 1. The molecule has 2 aromatic rings. The maximum Gasteiger partial charge on any atom is 0.265 e. The molecule has 3 nitrogen and oxygen atoms in total. The molecule has 2 rings (SSSR count). The van der Waals surface area contributed by atoms with Gasteiger partial charge < -0.3 is 17.0 Å². The molecule has 19 heavy (non-hydrogen) atoms. The summed E-state index contributed by atoms with van der Waals surface area (Å²) in [6.07, 6.45) is 10.5. The van der Waals surface area contributed by atoms with Gasteiger partial charge in [0.1, 0.15) is 5.69 Å². The number of unbranched alkanes of at least 4 members (excludes halogenated alkanes) is 4. The fourth-order valence-electron chi connectivity index (χ4n) is 2.05. The molecule has 0 saturated carbocycles. The second-order valence-corrected chi connectivity index (χ2v) is 4.68. The Kier molecular flexibility index (Phi) is 7.41. The summed E-state index contributed by atoms with van der Waals surface area (Å²) >= 11 is 0. The van der Waals surface area contributed by atoms with Gasteiger partial charge in [0.05, 0.1) is 6.54 Å². The van der Waals surface area contributed by atoms with E-state index in [2.05, 4.69) is 35.0 Å². The summed E-state index contributed by atoms with van der Waals surface area (Å²) in [4.78, 5) is 0. The third-order valence-electron chi connectivity index (χ3n) is 3.12. The van der Waals surface area contributed by atoms with Crippen molar-refractivity contribution in [1.29, 1.82) is 0 Å². The van der Waals surface area contributed by atoms with Crippen LogP contribution in [-0.4, -0.2) is 9.78 Å². The van der Waals surface area contributed by atoms with Crippen LogP contribution in [0.2, 0.25) is 0 Å². The number of hydrogen-bond donors (Lipinski definition) is 0. The van der Waals surface area contributed by atoms with E-state index in [1.54, 1.807) is 0 Å². The standard InChI is InChI=1S/C15H22N3.BrH/c1-2-3-4-5-9-12-17-13-16-18(14-17)15-10-7-6-8-11-15;/h6-8,10-11,13-14H,2-5,9,12H2,1H3;1H/q+1;/p-1. The number of nitrogens with zero attached hydrogens (tertiary/aromatic N) is 3. The van der Waals surface area contributed by atoms with Crippen molar-refractivity contribution >= 4 is 0 Å². The zero-order chi connectivity index (χ0) is 12.6. The molecule has 0 aliphatic heterocycles. The van der Waals surface area contributed by atoms with Crippen LogP contribution in [-0.2, 0) is 6.54 Å². The molecule has 0 amide bonds. The average molecular weight is 324 g/mol. The molecule has 0 unspecified atom stereocenters. The minimum Gasteiger partial charge on any atom is -1.00 e. The Hall–Kier alpha value is -1.16. The van der Waals surface area contributed by atoms with E-state index in [1.807, 2.05) is 29.2 Å². The van der Waals surface area contributed by atoms with Gasteiger partial charge in [0.2, 0.25) is 6.33 Å². The van der Waals surface area contributed by atoms with E-state index in [9.17, 15) is 0 Å². The normalized spacial score (nSPS) is 10.2. The summed E-state index contributed by atoms with van der Waals surface area (Å²) in [5, 5.41) is 4.38. The molecule has 4 heteroatoms. The maximum atomic E-state index is 4.38. The number of hydrogen-bond acceptors (Lipinski definition) is 1. The third kappa shape index (κ3) is 5.15. The summed E-state index contributed by atoms with van der Waals surface area (Å²) in [6.45, 7) is 3.31. The Morgan fingerprint density at radius 1 is 1.05 bits per heavy atom. The van der Waals surface area contributed by atoms with Crippen LogP contribution in [0.25, 0.3) is 5.69 Å². The number of rotatable bonds is 7. The van der Waals surface area contributed by atoms with Crippen molar-refractivity contribution in [3.05, 3.63) is 43.0 Å². The van der Waals surface area contributed by atoms with Gasteiger partial charge in [0, 0.05) is 5.10 Å². The van der Waals surface area contributed by atoms with Crippen LogP contribution in [0.5, 0.6) is 0 Å². The predicted octanol–water partition coefficient (Wildman–Crippen LogP) is 0.134. The number of para-hydroxylation sites is 1. The minimum atomic E-state index is 0. The van der Waals surface area contributed by atoms with Gasteiger partial charge in [-0.1, -0.05) is 55.5 Å². The molecule has 0 saturated heterocycles. The first-order valence-electron chi connectivity index (χ1n) is 6.89. The van der Waals surface area contributed by atoms with Crippen molar-refractivity contribution < 1.29 is 21.5 Å². The summed E-state index contributed by atoms with van der Waals surface area (Å²) in [5.74, 6) is 0. The van der Waals surface area contributed by atoms with Crippen LogP contribution in [0.3, 0.4) is 0 Å². The van der Waals surface area contributed by atoms with Gasteiger partial charge in [-0.05, 0) is 18.6 Å². The molecule has 0 aliphatic carbocycles. The van der Waals surface area contributed by atoms with E-state index in [1.165, 1.54) is 32.1 Å². The van der Waals surface area contributed by atoms with Crippen molar-refractivity contribution in [1.82, 2.24) is 9.78 Å². The molecule has 0 spiro atoms. The van der Waals surface area contributed by atoms with Crippen LogP contribution in [0, 0.1) is 0 Å². The smallest absolute Gasteiger partial charge is 0.265 e. The number of aromatic nitrogens is 3. The fourth-order valence-corrected chi connectivity index (χ4v) is 2.05. The highest BCUT2D eigenvalue weighted by molar-refractivity contribution is 5.28. The maximum absolute atomic E-state index is 4.38. The molecule has 0 aliphatic rings. The highest BCUT2D eigenvalue weighted by Gasteiger charge is 2.07. The first-order chi connectivity index (χ1) is 8.90. The molecule has 1 heterocycles. The third-order valence-corrected chi connectivity index (χ3v) is 3.12. The lowest BCUT2D eigenvalue weighted by Crippen LogP contribution is -3.00. The van der Waals surface area contributed by atoms with E-state index >= 15 is 0 Å². The van der Waals surface area contributed by atoms with E-state index in [-0.39, 0.29) is 17.0 Å². The van der Waals surface area contributed by atoms with Crippen molar-refractivity contribution in [3.8, 4) is 5.69 Å². The van der Waals surface area contributed by atoms with Gasteiger partial charge in [0.25, 0.3) is 6.33 Å². The summed E-state index contributed by atoms with van der Waals surface area (Å²) in [6, 6.07) is 10.2. The van der Waals surface area contributed by atoms with Crippen LogP contribution < -0.4 is 21.5 Å². The van der Waals surface area contributed by atoms with Gasteiger partial charge in [-0.3, -0.25) is 0 Å². The van der Waals surface area contributed by atoms with Crippen LogP contribution in [0.15, 0.2) is 43.0 Å². The lowest BCUT2D eigenvalue weighted by Gasteiger charge is -1.97. The highest BCUT2D eigenvalue weighted by Crippen LogP contribution is 2.04. The van der Waals surface area contributed by atoms with Crippen molar-refractivity contribution in [3.63, 3.8) is 0 Å². The fraction of sp³-hybridized carbons (Fsp3) is 0.467. The molecule has 104 valence electrons. The molecule has 1 aromatic heterocycles. The SMILES string of the molecule is CCCCCCC[n+]1cnn(-c2ccccc2)c1.[Br-]. The number of aryl methyl sites for hydroxylation is 1. The van der Waals surface area contributed by atoms with E-state index in [4.69, 9.17) is 0 Å². The zero-order valence-electron chi connectivity index (χ0n) is 11.5. The molecule has 0 fully saturated rings. The summed E-state index contributed by atoms with van der Waals surface area (Å²) < 4.78 is 4.09. The molecule has 0 radical (unpaired) electrons. The Balaban J connectivity index is 0.00000180. The Morgan fingerprint density at radius 3 is 2.53 bits per heavy atom. The predicted molar refractivity (Wildman–Crippen MR) is 72.5 cm³/mol. The van der Waals surface area contributed by atoms with Crippen LogP contribution in [0.1, 0.15) is 39.0 Å². The van der Waals surface area contributed by atoms with Gasteiger partial charge in [0.15, 0.2) is 0 Å². The quantitative estimate of drug-likeness (QED) is 0.524. The molecule has 1 aromatic carbocycles. The largest absolute Gasteiger partial charge is 1.00 e. The topological polar surface area (TPSA) is 21.7 Å². The van der Waals surface area contributed by atoms with Crippen LogP contribution in [0.4, 0.5) is 0 Å². The van der Waals surface area contributed by atoms with Crippen molar-refractivity contribution in [2.75, 3.05) is 0 Å². The molecular weight excluding hydrogens is 302 g/mol. The van der Waals surface area contributed by atoms with E-state index in [0.29, 0.717) is 0 Å². The van der Waals surface area contributed by atoms with E-state index < -0.39 is 0 Å². The summed E-state index contributed by atoms with van der Waals surface area (Å²) in [5.41, 5.74) is 1.11. The molecule has 0 atom stereocenters. The monoisotopic (exact) mass is 323 g/mol. The highest BCUT2D eigenvalue weighted by atomic mass is 79.9. The average Bonchev–Trinajstić information content (AvgIpc) is 2.88. The lowest BCUT2D eigenvalue weighted by atomic mass is 10.1. The van der Waals surface area contributed by atoms with Crippen molar-refractivity contribution in [2.45, 2.75) is 45.6 Å². The second-order valence-electron chi connectivity index (χ2n) is 4.68. The van der Waals surface area contributed by atoms with Gasteiger partial charge in [-0.15, -0.1) is 0 Å². The van der Waals surface area contributed by atoms with Gasteiger partial charge in [-0.2, -0.15) is 0 Å². The molecular formula is C15H22BrN3. The zero-order valence-corrected chi connectivity index (χ0v) is 13.1. The minimum absolute atomic E-state index is 0. The first-order valence-corrected chi connectivity index (χ1v) is 6.89. The van der Waals surface area contributed by atoms with Gasteiger partial charge >= 0.3 is 0 Å². The molecule has 0 N–H and O–H groups in total. The Morgan fingerprint density at radius 2 is 1.79 bits per heavy atom. The Bertz CT molecular complexity index is 453. The Labute approximate surface area is 126 Å². The number of benzene rings is 1. The van der Waals surface area contributed by atoms with Gasteiger partial charge in [-0.25, -0.2) is 4.57 Å². The lowest BCUT2D eigenvalue weighted by molar-refractivity contribution is -0.697. The second kappa shape index (κ2) is 8.86. The van der Waals surface area contributed by atoms with Crippen LogP contribution >= 0.6 is 0 Å². The summed E-state index contributed by atoms with van der Waals surface area (Å²) in [7, 11) is 0. The first kappa shape index (κ1) is 15.9.